The highest BCUT2D eigenvalue weighted by atomic mass is 35.5. The Morgan fingerprint density at radius 3 is 2.61 bits per heavy atom. The van der Waals surface area contributed by atoms with E-state index in [0.29, 0.717) is 41.8 Å². The number of amides is 1. The topological polar surface area (TPSA) is 64.4 Å². The summed E-state index contributed by atoms with van der Waals surface area (Å²) in [6, 6.07) is 18.8. The maximum absolute atomic E-state index is 13.5. The number of rotatable bonds is 5. The van der Waals surface area contributed by atoms with Crippen molar-refractivity contribution in [1.29, 1.82) is 0 Å². The van der Waals surface area contributed by atoms with Gasteiger partial charge in [-0.25, -0.2) is 4.68 Å². The molecule has 6 nitrogen and oxygen atoms in total. The number of halogens is 1. The third-order valence-corrected chi connectivity index (χ3v) is 5.73. The van der Waals surface area contributed by atoms with Gasteiger partial charge < -0.3 is 9.64 Å². The molecule has 0 radical (unpaired) electrons. The molecule has 0 N–H and O–H groups in total. The van der Waals surface area contributed by atoms with Gasteiger partial charge in [-0.05, 0) is 38.0 Å². The van der Waals surface area contributed by atoms with Crippen molar-refractivity contribution in [2.24, 2.45) is 5.92 Å². The van der Waals surface area contributed by atoms with Crippen LogP contribution in [0.2, 0.25) is 5.02 Å². The molecule has 0 aliphatic carbocycles. The molecule has 1 aliphatic heterocycles. The van der Waals surface area contributed by atoms with Gasteiger partial charge in [-0.2, -0.15) is 5.10 Å². The molecular formula is C24H24ClN3O3. The second-order valence-electron chi connectivity index (χ2n) is 7.49. The van der Waals surface area contributed by atoms with Crippen LogP contribution < -0.4 is 0 Å². The van der Waals surface area contributed by atoms with E-state index in [1.54, 1.807) is 28.6 Å². The van der Waals surface area contributed by atoms with Gasteiger partial charge in [0.25, 0.3) is 5.91 Å². The average molecular weight is 438 g/mol. The minimum absolute atomic E-state index is 0.177. The van der Waals surface area contributed by atoms with Gasteiger partial charge in [0.2, 0.25) is 0 Å². The summed E-state index contributed by atoms with van der Waals surface area (Å²) >= 11 is 6.43. The number of para-hydroxylation sites is 1. The summed E-state index contributed by atoms with van der Waals surface area (Å²) in [6.07, 6.45) is 1.47. The molecule has 160 valence electrons. The maximum atomic E-state index is 13.5. The standard InChI is InChI=1S/C24H24ClN3O3/c1-2-31-24(30)18-11-8-14-27(16-18)23(29)22-15-20(17-9-4-3-5-10-17)26-28(22)21-13-7-6-12-19(21)25/h3-7,9-10,12-13,15,18H,2,8,11,14,16H2,1H3. The largest absolute Gasteiger partial charge is 0.466 e. The number of carbonyl (C=O) groups is 2. The van der Waals surface area contributed by atoms with Crippen LogP contribution in [-0.4, -0.2) is 46.3 Å². The zero-order valence-corrected chi connectivity index (χ0v) is 18.1. The van der Waals surface area contributed by atoms with Crippen molar-refractivity contribution >= 4 is 23.5 Å². The van der Waals surface area contributed by atoms with Crippen molar-refractivity contribution in [3.63, 3.8) is 0 Å². The number of hydrogen-bond acceptors (Lipinski definition) is 4. The number of nitrogens with zero attached hydrogens (tertiary/aromatic N) is 3. The summed E-state index contributed by atoms with van der Waals surface area (Å²) < 4.78 is 6.77. The predicted octanol–water partition coefficient (Wildman–Crippen LogP) is 4.61. The van der Waals surface area contributed by atoms with E-state index in [4.69, 9.17) is 21.4 Å². The smallest absolute Gasteiger partial charge is 0.310 e. The molecule has 4 rings (SSSR count). The van der Waals surface area contributed by atoms with Crippen molar-refractivity contribution in [3.8, 4) is 16.9 Å². The first-order valence-electron chi connectivity index (χ1n) is 10.4. The van der Waals surface area contributed by atoms with E-state index in [2.05, 4.69) is 0 Å². The lowest BCUT2D eigenvalue weighted by molar-refractivity contribution is -0.149. The van der Waals surface area contributed by atoms with Crippen LogP contribution in [0, 0.1) is 5.92 Å². The molecule has 1 unspecified atom stereocenters. The minimum atomic E-state index is -0.303. The lowest BCUT2D eigenvalue weighted by Crippen LogP contribution is -2.43. The van der Waals surface area contributed by atoms with Crippen LogP contribution in [0.3, 0.4) is 0 Å². The zero-order chi connectivity index (χ0) is 21.8. The third kappa shape index (κ3) is 4.49. The van der Waals surface area contributed by atoms with Gasteiger partial charge >= 0.3 is 5.97 Å². The van der Waals surface area contributed by atoms with Gasteiger partial charge in [-0.1, -0.05) is 54.1 Å². The third-order valence-electron chi connectivity index (χ3n) is 5.41. The predicted molar refractivity (Wildman–Crippen MR) is 119 cm³/mol. The van der Waals surface area contributed by atoms with Crippen LogP contribution in [0.25, 0.3) is 16.9 Å². The molecule has 1 saturated heterocycles. The van der Waals surface area contributed by atoms with Gasteiger partial charge in [-0.3, -0.25) is 9.59 Å². The van der Waals surface area contributed by atoms with Crippen LogP contribution >= 0.6 is 11.6 Å². The zero-order valence-electron chi connectivity index (χ0n) is 17.3. The molecule has 3 aromatic rings. The first kappa shape index (κ1) is 21.1. The molecule has 1 aromatic heterocycles. The van der Waals surface area contributed by atoms with Crippen molar-refractivity contribution in [1.82, 2.24) is 14.7 Å². The number of carbonyl (C=O) groups excluding carboxylic acids is 2. The van der Waals surface area contributed by atoms with Crippen molar-refractivity contribution in [2.45, 2.75) is 19.8 Å². The van der Waals surface area contributed by atoms with Crippen LogP contribution in [-0.2, 0) is 9.53 Å². The second-order valence-corrected chi connectivity index (χ2v) is 7.89. The molecule has 1 aliphatic rings. The number of hydrogen-bond donors (Lipinski definition) is 0. The lowest BCUT2D eigenvalue weighted by atomic mass is 9.98. The minimum Gasteiger partial charge on any atom is -0.466 e. The van der Waals surface area contributed by atoms with E-state index in [0.717, 1.165) is 18.4 Å². The first-order chi connectivity index (χ1) is 15.1. The van der Waals surface area contributed by atoms with Gasteiger partial charge in [-0.15, -0.1) is 0 Å². The molecule has 31 heavy (non-hydrogen) atoms. The summed E-state index contributed by atoms with van der Waals surface area (Å²) in [6.45, 7) is 3.05. The molecule has 0 saturated carbocycles. The van der Waals surface area contributed by atoms with E-state index >= 15 is 0 Å². The number of piperidine rings is 1. The van der Waals surface area contributed by atoms with E-state index in [-0.39, 0.29) is 17.8 Å². The quantitative estimate of drug-likeness (QED) is 0.547. The fourth-order valence-corrected chi connectivity index (χ4v) is 4.08. The highest BCUT2D eigenvalue weighted by Gasteiger charge is 2.32. The van der Waals surface area contributed by atoms with E-state index < -0.39 is 0 Å². The summed E-state index contributed by atoms with van der Waals surface area (Å²) in [7, 11) is 0. The molecule has 1 atom stereocenters. The molecular weight excluding hydrogens is 414 g/mol. The van der Waals surface area contributed by atoms with Crippen LogP contribution in [0.4, 0.5) is 0 Å². The van der Waals surface area contributed by atoms with Gasteiger partial charge in [0, 0.05) is 18.7 Å². The number of esters is 1. The van der Waals surface area contributed by atoms with Crippen LogP contribution in [0.1, 0.15) is 30.3 Å². The van der Waals surface area contributed by atoms with E-state index in [9.17, 15) is 9.59 Å². The Balaban J connectivity index is 1.71. The fourth-order valence-electron chi connectivity index (χ4n) is 3.87. The van der Waals surface area contributed by atoms with Crippen molar-refractivity contribution in [3.05, 3.63) is 71.4 Å². The number of benzene rings is 2. The number of likely N-dealkylation sites (tertiary alicyclic amines) is 1. The normalized spacial score (nSPS) is 16.2. The Bertz CT molecular complexity index is 1080. The highest BCUT2D eigenvalue weighted by Crippen LogP contribution is 2.27. The van der Waals surface area contributed by atoms with Gasteiger partial charge in [0.05, 0.1) is 28.9 Å². The molecule has 1 amide bonds. The van der Waals surface area contributed by atoms with Crippen LogP contribution in [0.5, 0.6) is 0 Å². The Labute approximate surface area is 186 Å². The monoisotopic (exact) mass is 437 g/mol. The van der Waals surface area contributed by atoms with Crippen molar-refractivity contribution < 1.29 is 14.3 Å². The Morgan fingerprint density at radius 1 is 1.13 bits per heavy atom. The average Bonchev–Trinajstić information content (AvgIpc) is 3.25. The summed E-state index contributed by atoms with van der Waals surface area (Å²) in [5, 5.41) is 5.21. The Hall–Kier alpha value is -3.12. The Kier molecular flexibility index (Phi) is 6.37. The molecule has 2 heterocycles. The van der Waals surface area contributed by atoms with E-state index in [1.807, 2.05) is 48.5 Å². The number of ether oxygens (including phenoxy) is 1. The number of aromatic nitrogens is 2. The Morgan fingerprint density at radius 2 is 1.87 bits per heavy atom. The second kappa shape index (κ2) is 9.35. The molecule has 2 aromatic carbocycles. The molecule has 0 spiro atoms. The summed E-state index contributed by atoms with van der Waals surface area (Å²) in [5.41, 5.74) is 2.64. The lowest BCUT2D eigenvalue weighted by Gasteiger charge is -2.31. The molecule has 0 bridgehead atoms. The van der Waals surface area contributed by atoms with Crippen LogP contribution in [0.15, 0.2) is 60.7 Å². The SMILES string of the molecule is CCOC(=O)C1CCCN(C(=O)c2cc(-c3ccccc3)nn2-c2ccccc2Cl)C1. The maximum Gasteiger partial charge on any atom is 0.310 e. The summed E-state index contributed by atoms with van der Waals surface area (Å²) in [5.74, 6) is -0.726. The fraction of sp³-hybridized carbons (Fsp3) is 0.292. The molecule has 1 fully saturated rings. The van der Waals surface area contributed by atoms with Gasteiger partial charge in [0.15, 0.2) is 0 Å². The highest BCUT2D eigenvalue weighted by molar-refractivity contribution is 6.32. The summed E-state index contributed by atoms with van der Waals surface area (Å²) in [4.78, 5) is 27.5. The van der Waals surface area contributed by atoms with E-state index in [1.165, 1.54) is 0 Å². The van der Waals surface area contributed by atoms with Gasteiger partial charge in [0.1, 0.15) is 5.69 Å². The first-order valence-corrected chi connectivity index (χ1v) is 10.8. The molecule has 7 heteroatoms. The van der Waals surface area contributed by atoms with Crippen molar-refractivity contribution in [2.75, 3.05) is 19.7 Å².